The summed E-state index contributed by atoms with van der Waals surface area (Å²) in [4.78, 5) is 0. The fourth-order valence-corrected chi connectivity index (χ4v) is 2.32. The van der Waals surface area contributed by atoms with Gasteiger partial charge in [0, 0.05) is 6.61 Å². The molecule has 0 bridgehead atoms. The Hall–Kier alpha value is -1.04. The molecule has 0 aliphatic rings. The Balaban J connectivity index is 2.60. The minimum atomic E-state index is -1.49. The normalized spacial score (nSPS) is 12.2. The molecule has 0 fully saturated rings. The summed E-state index contributed by atoms with van der Waals surface area (Å²) in [7, 11) is 0.101. The van der Waals surface area contributed by atoms with Gasteiger partial charge in [-0.3, -0.25) is 0 Å². The minimum absolute atomic E-state index is 0.368. The fraction of sp³-hybridized carbons (Fsp3) is 0.625. The molecule has 118 valence electrons. The molecule has 1 rings (SSSR count). The second kappa shape index (κ2) is 9.82. The summed E-state index contributed by atoms with van der Waals surface area (Å²) in [5, 5.41) is 18.8. The van der Waals surface area contributed by atoms with Crippen molar-refractivity contribution in [1.29, 1.82) is 0 Å². The number of methoxy groups -OCH3 is 1. The second-order valence-corrected chi connectivity index (χ2v) is 5.37. The summed E-state index contributed by atoms with van der Waals surface area (Å²) < 4.78 is 11.0. The zero-order valence-corrected chi connectivity index (χ0v) is 13.3. The van der Waals surface area contributed by atoms with Crippen LogP contribution in [0.5, 0.6) is 5.75 Å². The molecule has 0 spiro atoms. The fourth-order valence-electron chi connectivity index (χ4n) is 2.32. The molecule has 0 radical (unpaired) electrons. The van der Waals surface area contributed by atoms with E-state index in [1.807, 2.05) is 0 Å². The molecule has 0 aliphatic heterocycles. The Bertz CT molecular complexity index is 409. The van der Waals surface area contributed by atoms with E-state index in [0.717, 1.165) is 12.0 Å². The Morgan fingerprint density at radius 1 is 1.24 bits per heavy atom. The third-order valence-corrected chi connectivity index (χ3v) is 3.78. The zero-order chi connectivity index (χ0) is 15.7. The van der Waals surface area contributed by atoms with Crippen molar-refractivity contribution in [2.24, 2.45) is 5.92 Å². The first-order chi connectivity index (χ1) is 10.1. The highest BCUT2D eigenvalue weighted by Gasteiger charge is 2.17. The molecule has 1 atom stereocenters. The molecule has 1 unspecified atom stereocenters. The topological polar surface area (TPSA) is 58.9 Å². The predicted molar refractivity (Wildman–Crippen MR) is 85.8 cm³/mol. The van der Waals surface area contributed by atoms with Crippen LogP contribution in [0.1, 0.15) is 45.1 Å². The van der Waals surface area contributed by atoms with Crippen LogP contribution in [0.4, 0.5) is 0 Å². The predicted octanol–water partition coefficient (Wildman–Crippen LogP) is 2.11. The molecule has 21 heavy (non-hydrogen) atoms. The van der Waals surface area contributed by atoms with Gasteiger partial charge in [0.25, 0.3) is 0 Å². The summed E-state index contributed by atoms with van der Waals surface area (Å²) in [5.74, 6) is 1.26. The molecule has 0 amide bonds. The molecular formula is C16H27BO4. The van der Waals surface area contributed by atoms with Crippen molar-refractivity contribution in [1.82, 2.24) is 0 Å². The van der Waals surface area contributed by atoms with E-state index in [4.69, 9.17) is 9.47 Å². The average Bonchev–Trinajstić information content (AvgIpc) is 2.50. The van der Waals surface area contributed by atoms with E-state index in [1.165, 1.54) is 19.3 Å². The number of rotatable bonds is 10. The summed E-state index contributed by atoms with van der Waals surface area (Å²) in [6.45, 7) is 5.44. The highest BCUT2D eigenvalue weighted by atomic mass is 16.5. The van der Waals surface area contributed by atoms with Gasteiger partial charge in [-0.15, -0.1) is 0 Å². The minimum Gasteiger partial charge on any atom is -0.497 e. The molecule has 5 heteroatoms. The van der Waals surface area contributed by atoms with Crippen molar-refractivity contribution >= 4 is 12.6 Å². The maximum Gasteiger partial charge on any atom is 0.488 e. The molecular weight excluding hydrogens is 267 g/mol. The van der Waals surface area contributed by atoms with Crippen LogP contribution >= 0.6 is 0 Å². The summed E-state index contributed by atoms with van der Waals surface area (Å²) in [5.41, 5.74) is 1.23. The highest BCUT2D eigenvalue weighted by molar-refractivity contribution is 6.59. The maximum atomic E-state index is 9.40. The van der Waals surface area contributed by atoms with E-state index in [0.29, 0.717) is 30.3 Å². The van der Waals surface area contributed by atoms with Crippen molar-refractivity contribution in [2.45, 2.75) is 46.1 Å². The Morgan fingerprint density at radius 2 is 2.00 bits per heavy atom. The van der Waals surface area contributed by atoms with Gasteiger partial charge in [0.2, 0.25) is 0 Å². The summed E-state index contributed by atoms with van der Waals surface area (Å²) in [6.07, 6.45) is 4.71. The van der Waals surface area contributed by atoms with Gasteiger partial charge >= 0.3 is 7.12 Å². The van der Waals surface area contributed by atoms with E-state index < -0.39 is 7.12 Å². The van der Waals surface area contributed by atoms with Crippen LogP contribution in [-0.4, -0.2) is 30.9 Å². The van der Waals surface area contributed by atoms with Crippen LogP contribution in [0.3, 0.4) is 0 Å². The van der Waals surface area contributed by atoms with Crippen LogP contribution in [0.15, 0.2) is 18.2 Å². The van der Waals surface area contributed by atoms with Gasteiger partial charge in [-0.05, 0) is 35.5 Å². The first-order valence-corrected chi connectivity index (χ1v) is 7.73. The highest BCUT2D eigenvalue weighted by Crippen LogP contribution is 2.16. The molecule has 4 nitrogen and oxygen atoms in total. The summed E-state index contributed by atoms with van der Waals surface area (Å²) in [6, 6.07) is 5.17. The number of unbranched alkanes of at least 4 members (excludes halogenated alkanes) is 1. The first kappa shape index (κ1) is 18.0. The van der Waals surface area contributed by atoms with Crippen LogP contribution in [0.25, 0.3) is 0 Å². The Morgan fingerprint density at radius 3 is 2.57 bits per heavy atom. The van der Waals surface area contributed by atoms with Crippen molar-refractivity contribution in [3.05, 3.63) is 23.8 Å². The lowest BCUT2D eigenvalue weighted by molar-refractivity contribution is 0.0822. The zero-order valence-electron chi connectivity index (χ0n) is 13.3. The largest absolute Gasteiger partial charge is 0.497 e. The van der Waals surface area contributed by atoms with Gasteiger partial charge in [0.05, 0.1) is 13.7 Å². The van der Waals surface area contributed by atoms with E-state index in [-0.39, 0.29) is 0 Å². The SMILES string of the molecule is CCCCC(CC)COCc1cc(OC)ccc1B(O)O. The third kappa shape index (κ3) is 6.08. The summed E-state index contributed by atoms with van der Waals surface area (Å²) >= 11 is 0. The van der Waals surface area contributed by atoms with E-state index in [1.54, 1.807) is 25.3 Å². The van der Waals surface area contributed by atoms with Crippen molar-refractivity contribution < 1.29 is 19.5 Å². The molecule has 0 saturated heterocycles. The molecule has 1 aromatic rings. The number of ether oxygens (including phenoxy) is 2. The van der Waals surface area contributed by atoms with Gasteiger partial charge in [-0.25, -0.2) is 0 Å². The van der Waals surface area contributed by atoms with Crippen molar-refractivity contribution in [3.63, 3.8) is 0 Å². The monoisotopic (exact) mass is 294 g/mol. The Kier molecular flexibility index (Phi) is 8.42. The van der Waals surface area contributed by atoms with Crippen LogP contribution in [0.2, 0.25) is 0 Å². The lowest BCUT2D eigenvalue weighted by Crippen LogP contribution is -2.33. The van der Waals surface area contributed by atoms with E-state index >= 15 is 0 Å². The van der Waals surface area contributed by atoms with Crippen molar-refractivity contribution in [3.8, 4) is 5.75 Å². The van der Waals surface area contributed by atoms with Crippen LogP contribution in [0, 0.1) is 5.92 Å². The van der Waals surface area contributed by atoms with Gasteiger partial charge < -0.3 is 19.5 Å². The number of benzene rings is 1. The lowest BCUT2D eigenvalue weighted by Gasteiger charge is -2.16. The van der Waals surface area contributed by atoms with E-state index in [2.05, 4.69) is 13.8 Å². The van der Waals surface area contributed by atoms with Gasteiger partial charge in [0.1, 0.15) is 5.75 Å². The van der Waals surface area contributed by atoms with Gasteiger partial charge in [0.15, 0.2) is 0 Å². The quantitative estimate of drug-likeness (QED) is 0.649. The molecule has 1 aromatic carbocycles. The van der Waals surface area contributed by atoms with Crippen LogP contribution in [-0.2, 0) is 11.3 Å². The molecule has 0 saturated carbocycles. The van der Waals surface area contributed by atoms with Crippen LogP contribution < -0.4 is 10.2 Å². The molecule has 2 N–H and O–H groups in total. The smallest absolute Gasteiger partial charge is 0.488 e. The first-order valence-electron chi connectivity index (χ1n) is 7.73. The molecule has 0 heterocycles. The second-order valence-electron chi connectivity index (χ2n) is 5.37. The molecule has 0 aromatic heterocycles. The third-order valence-electron chi connectivity index (χ3n) is 3.78. The van der Waals surface area contributed by atoms with Gasteiger partial charge in [-0.1, -0.05) is 39.2 Å². The molecule has 0 aliphatic carbocycles. The standard InChI is InChI=1S/C16H27BO4/c1-4-6-7-13(5-2)11-21-12-14-10-15(20-3)8-9-16(14)17(18)19/h8-10,13,18-19H,4-7,11-12H2,1-3H3. The Labute approximate surface area is 128 Å². The van der Waals surface area contributed by atoms with E-state index in [9.17, 15) is 10.0 Å². The number of hydrogen-bond acceptors (Lipinski definition) is 4. The maximum absolute atomic E-state index is 9.40. The van der Waals surface area contributed by atoms with Crippen molar-refractivity contribution in [2.75, 3.05) is 13.7 Å². The van der Waals surface area contributed by atoms with Gasteiger partial charge in [-0.2, -0.15) is 0 Å². The lowest BCUT2D eigenvalue weighted by atomic mass is 9.77. The average molecular weight is 294 g/mol. The number of hydrogen-bond donors (Lipinski definition) is 2.